The molecule has 1 aliphatic rings. The van der Waals surface area contributed by atoms with Crippen molar-refractivity contribution < 1.29 is 19.1 Å². The summed E-state index contributed by atoms with van der Waals surface area (Å²) in [5.41, 5.74) is 2.37. The fraction of sp³-hybridized carbons (Fsp3) is 0.389. The fourth-order valence-electron chi connectivity index (χ4n) is 2.89. The summed E-state index contributed by atoms with van der Waals surface area (Å²) in [7, 11) is 0. The molecule has 0 spiro atoms. The van der Waals surface area contributed by atoms with E-state index in [9.17, 15) is 4.79 Å². The Kier molecular flexibility index (Phi) is 5.06. The van der Waals surface area contributed by atoms with Gasteiger partial charge in [-0.1, -0.05) is 11.2 Å². The summed E-state index contributed by atoms with van der Waals surface area (Å²) in [5, 5.41) is 5.12. The summed E-state index contributed by atoms with van der Waals surface area (Å²) in [4.78, 5) is 22.3. The number of hydrogen-bond acceptors (Lipinski definition) is 6. The van der Waals surface area contributed by atoms with E-state index in [1.807, 2.05) is 31.2 Å². The number of aromatic nitrogens is 1. The van der Waals surface area contributed by atoms with Gasteiger partial charge in [0.1, 0.15) is 0 Å². The van der Waals surface area contributed by atoms with E-state index in [0.717, 1.165) is 20.9 Å². The first-order chi connectivity index (χ1) is 12.0. The molecule has 0 N–H and O–H groups in total. The SMILES string of the molecule is CCOC(=O)C1(OCC)ON=C(c2ccc3ncc(Br)cc3c2)C1C. The number of ether oxygens (including phenoxy) is 2. The number of pyridine rings is 1. The lowest BCUT2D eigenvalue weighted by Gasteiger charge is -2.28. The second-order valence-electron chi connectivity index (χ2n) is 5.67. The molecule has 7 heteroatoms. The van der Waals surface area contributed by atoms with Gasteiger partial charge in [-0.25, -0.2) is 4.79 Å². The van der Waals surface area contributed by atoms with Gasteiger partial charge < -0.3 is 14.3 Å². The molecule has 3 rings (SSSR count). The van der Waals surface area contributed by atoms with E-state index in [1.54, 1.807) is 20.0 Å². The highest BCUT2D eigenvalue weighted by Gasteiger charge is 2.55. The van der Waals surface area contributed by atoms with Crippen LogP contribution in [0.2, 0.25) is 0 Å². The second-order valence-corrected chi connectivity index (χ2v) is 6.59. The van der Waals surface area contributed by atoms with Crippen LogP contribution in [0.25, 0.3) is 10.9 Å². The van der Waals surface area contributed by atoms with Crippen LogP contribution in [0.3, 0.4) is 0 Å². The van der Waals surface area contributed by atoms with Crippen molar-refractivity contribution in [2.24, 2.45) is 11.1 Å². The van der Waals surface area contributed by atoms with Crippen molar-refractivity contribution in [2.45, 2.75) is 26.6 Å². The standard InChI is InChI=1S/C18H19BrN2O4/c1-4-23-17(22)18(24-5-2)11(3)16(21-25-18)12-6-7-15-13(8-12)9-14(19)10-20-15/h6-11H,4-5H2,1-3H3. The third kappa shape index (κ3) is 3.14. The Hall–Kier alpha value is -1.99. The molecule has 0 bridgehead atoms. The minimum absolute atomic E-state index is 0.245. The Morgan fingerprint density at radius 2 is 2.12 bits per heavy atom. The van der Waals surface area contributed by atoms with Crippen LogP contribution in [0.15, 0.2) is 40.1 Å². The molecule has 132 valence electrons. The molecule has 0 aliphatic carbocycles. The van der Waals surface area contributed by atoms with Crippen molar-refractivity contribution in [1.82, 2.24) is 4.98 Å². The van der Waals surface area contributed by atoms with E-state index in [1.165, 1.54) is 0 Å². The molecule has 0 amide bonds. The Morgan fingerprint density at radius 3 is 2.84 bits per heavy atom. The number of rotatable bonds is 5. The topological polar surface area (TPSA) is 70.0 Å². The number of carbonyl (C=O) groups is 1. The number of benzene rings is 1. The maximum atomic E-state index is 12.4. The smallest absolute Gasteiger partial charge is 0.382 e. The van der Waals surface area contributed by atoms with E-state index >= 15 is 0 Å². The third-order valence-corrected chi connectivity index (χ3v) is 4.56. The van der Waals surface area contributed by atoms with E-state index in [-0.39, 0.29) is 6.61 Å². The normalized spacial score (nSPS) is 22.6. The average molecular weight is 407 g/mol. The summed E-state index contributed by atoms with van der Waals surface area (Å²) in [6.45, 7) is 5.94. The molecule has 1 aromatic heterocycles. The van der Waals surface area contributed by atoms with Crippen LogP contribution in [0.1, 0.15) is 26.3 Å². The number of halogens is 1. The molecule has 0 saturated carbocycles. The zero-order valence-corrected chi connectivity index (χ0v) is 15.9. The van der Waals surface area contributed by atoms with Crippen molar-refractivity contribution in [3.63, 3.8) is 0 Å². The largest absolute Gasteiger partial charge is 0.461 e. The molecule has 0 saturated heterocycles. The molecule has 6 nitrogen and oxygen atoms in total. The first-order valence-corrected chi connectivity index (χ1v) is 8.94. The minimum atomic E-state index is -1.54. The van der Waals surface area contributed by atoms with Crippen LogP contribution >= 0.6 is 15.9 Å². The lowest BCUT2D eigenvalue weighted by molar-refractivity contribution is -0.248. The predicted molar refractivity (Wildman–Crippen MR) is 97.2 cm³/mol. The van der Waals surface area contributed by atoms with E-state index in [2.05, 4.69) is 26.1 Å². The number of nitrogens with zero attached hydrogens (tertiary/aromatic N) is 2. The van der Waals surface area contributed by atoms with Crippen molar-refractivity contribution in [3.8, 4) is 0 Å². The van der Waals surface area contributed by atoms with Crippen molar-refractivity contribution in [3.05, 3.63) is 40.5 Å². The molecule has 2 atom stereocenters. The highest BCUT2D eigenvalue weighted by molar-refractivity contribution is 9.10. The second kappa shape index (κ2) is 7.09. The number of fused-ring (bicyclic) bond motifs is 1. The number of carbonyl (C=O) groups excluding carboxylic acids is 1. The molecular formula is C18H19BrN2O4. The maximum absolute atomic E-state index is 12.4. The third-order valence-electron chi connectivity index (χ3n) is 4.12. The highest BCUT2D eigenvalue weighted by atomic mass is 79.9. The fourth-order valence-corrected chi connectivity index (χ4v) is 3.24. The van der Waals surface area contributed by atoms with Gasteiger partial charge in [-0.3, -0.25) is 4.98 Å². The van der Waals surface area contributed by atoms with Crippen LogP contribution < -0.4 is 0 Å². The van der Waals surface area contributed by atoms with Gasteiger partial charge in [0.15, 0.2) is 0 Å². The molecule has 2 aromatic rings. The van der Waals surface area contributed by atoms with E-state index in [4.69, 9.17) is 14.3 Å². The van der Waals surface area contributed by atoms with Gasteiger partial charge in [-0.2, -0.15) is 0 Å². The summed E-state index contributed by atoms with van der Waals surface area (Å²) in [6.07, 6.45) is 1.75. The summed E-state index contributed by atoms with van der Waals surface area (Å²) in [6, 6.07) is 7.78. The Bertz CT molecular complexity index is 839. The van der Waals surface area contributed by atoms with Crippen LogP contribution in [0.5, 0.6) is 0 Å². The molecule has 1 aromatic carbocycles. The molecule has 0 fully saturated rings. The Morgan fingerprint density at radius 1 is 1.32 bits per heavy atom. The minimum Gasteiger partial charge on any atom is -0.461 e. The van der Waals surface area contributed by atoms with Gasteiger partial charge in [0, 0.05) is 28.2 Å². The lowest BCUT2D eigenvalue weighted by Crippen LogP contribution is -2.49. The predicted octanol–water partition coefficient (Wildman–Crippen LogP) is 3.66. The van der Waals surface area contributed by atoms with Crippen LogP contribution in [0.4, 0.5) is 0 Å². The van der Waals surface area contributed by atoms with Crippen molar-refractivity contribution in [2.75, 3.05) is 13.2 Å². The molecule has 25 heavy (non-hydrogen) atoms. The van der Waals surface area contributed by atoms with Gasteiger partial charge >= 0.3 is 11.8 Å². The molecule has 2 unspecified atom stereocenters. The number of oxime groups is 1. The first-order valence-electron chi connectivity index (χ1n) is 8.14. The van der Waals surface area contributed by atoms with Gasteiger partial charge in [0.05, 0.1) is 23.8 Å². The van der Waals surface area contributed by atoms with Gasteiger partial charge in [0.25, 0.3) is 0 Å². The molecule has 0 radical (unpaired) electrons. The van der Waals surface area contributed by atoms with Crippen molar-refractivity contribution in [1.29, 1.82) is 0 Å². The monoisotopic (exact) mass is 406 g/mol. The van der Waals surface area contributed by atoms with E-state index < -0.39 is 17.7 Å². The Labute approximate surface area is 154 Å². The van der Waals surface area contributed by atoms with E-state index in [0.29, 0.717) is 12.3 Å². The van der Waals surface area contributed by atoms with Gasteiger partial charge in [-0.15, -0.1) is 0 Å². The van der Waals surface area contributed by atoms with Gasteiger partial charge in [-0.05, 0) is 54.9 Å². The Balaban J connectivity index is 1.97. The highest BCUT2D eigenvalue weighted by Crippen LogP contribution is 2.35. The summed E-state index contributed by atoms with van der Waals surface area (Å²) in [5.74, 6) is -2.51. The quantitative estimate of drug-likeness (QED) is 0.708. The summed E-state index contributed by atoms with van der Waals surface area (Å²) < 4.78 is 11.7. The zero-order chi connectivity index (χ0) is 18.0. The molecular weight excluding hydrogens is 388 g/mol. The zero-order valence-electron chi connectivity index (χ0n) is 14.3. The molecule has 1 aliphatic heterocycles. The van der Waals surface area contributed by atoms with Crippen molar-refractivity contribution >= 4 is 38.5 Å². The number of hydrogen-bond donors (Lipinski definition) is 0. The average Bonchev–Trinajstić information content (AvgIpc) is 2.92. The van der Waals surface area contributed by atoms with Crippen LogP contribution in [0, 0.1) is 5.92 Å². The van der Waals surface area contributed by atoms with Crippen LogP contribution in [-0.4, -0.2) is 35.7 Å². The van der Waals surface area contributed by atoms with Gasteiger partial charge in [0.2, 0.25) is 0 Å². The molecule has 2 heterocycles. The van der Waals surface area contributed by atoms with Crippen LogP contribution in [-0.2, 0) is 19.1 Å². The lowest BCUT2D eigenvalue weighted by atomic mass is 9.90. The summed E-state index contributed by atoms with van der Waals surface area (Å²) >= 11 is 3.43. The maximum Gasteiger partial charge on any atom is 0.382 e. The first kappa shape index (κ1) is 17.8. The number of esters is 1.